The molecule has 0 fully saturated rings. The molecule has 4 aromatic carbocycles. The van der Waals surface area contributed by atoms with Crippen molar-refractivity contribution in [2.24, 2.45) is 0 Å². The SMILES string of the molecule is Cc1cc(C)c(-c2cc(C(C)(C)C)cc3c2[nH]c2c(-c4c(C)cc(C)cc4C)cc(C(C)(C)C)cc23)c(C)c1. The van der Waals surface area contributed by atoms with Crippen LogP contribution in [-0.4, -0.2) is 4.98 Å². The fraction of sp³-hybridized carbons (Fsp3) is 0.368. The molecule has 0 saturated carbocycles. The highest BCUT2D eigenvalue weighted by molar-refractivity contribution is 6.16. The summed E-state index contributed by atoms with van der Waals surface area (Å²) in [6.07, 6.45) is 0. The molecule has 0 aliphatic carbocycles. The number of aromatic nitrogens is 1. The Kier molecular flexibility index (Phi) is 6.37. The normalized spacial score (nSPS) is 12.6. The maximum atomic E-state index is 4.01. The molecule has 0 spiro atoms. The number of hydrogen-bond donors (Lipinski definition) is 1. The van der Waals surface area contributed by atoms with E-state index in [0.29, 0.717) is 0 Å². The van der Waals surface area contributed by atoms with Crippen molar-refractivity contribution in [1.82, 2.24) is 4.98 Å². The minimum atomic E-state index is 0.0354. The quantitative estimate of drug-likeness (QED) is 0.241. The van der Waals surface area contributed by atoms with Crippen LogP contribution >= 0.6 is 0 Å². The van der Waals surface area contributed by atoms with Crippen molar-refractivity contribution in [3.8, 4) is 22.3 Å². The number of rotatable bonds is 2. The van der Waals surface area contributed by atoms with E-state index in [9.17, 15) is 0 Å². The smallest absolute Gasteiger partial charge is 0.0545 e. The first-order valence-corrected chi connectivity index (χ1v) is 14.4. The van der Waals surface area contributed by atoms with E-state index >= 15 is 0 Å². The van der Waals surface area contributed by atoms with Gasteiger partial charge in [-0.25, -0.2) is 0 Å². The Balaban J connectivity index is 2.01. The zero-order valence-corrected chi connectivity index (χ0v) is 26.1. The number of H-pyrrole nitrogens is 1. The number of fused-ring (bicyclic) bond motifs is 3. The summed E-state index contributed by atoms with van der Waals surface area (Å²) in [5.41, 5.74) is 18.6. The van der Waals surface area contributed by atoms with E-state index in [-0.39, 0.29) is 10.8 Å². The molecule has 1 aromatic heterocycles. The molecule has 0 radical (unpaired) electrons. The Hall–Kier alpha value is -3.32. The maximum absolute atomic E-state index is 4.01. The van der Waals surface area contributed by atoms with Crippen molar-refractivity contribution >= 4 is 21.8 Å². The first kappa shape index (κ1) is 27.3. The number of aryl methyl sites for hydroxylation is 6. The third-order valence-electron chi connectivity index (χ3n) is 8.44. The fourth-order valence-electron chi connectivity index (χ4n) is 6.57. The fourth-order valence-corrected chi connectivity index (χ4v) is 6.57. The predicted molar refractivity (Wildman–Crippen MR) is 172 cm³/mol. The summed E-state index contributed by atoms with van der Waals surface area (Å²) in [7, 11) is 0. The van der Waals surface area contributed by atoms with E-state index in [1.807, 2.05) is 0 Å². The molecule has 0 amide bonds. The number of nitrogens with one attached hydrogen (secondary N) is 1. The zero-order chi connectivity index (χ0) is 28.6. The third-order valence-corrected chi connectivity index (χ3v) is 8.44. The highest BCUT2D eigenvalue weighted by Crippen LogP contribution is 2.44. The van der Waals surface area contributed by atoms with Gasteiger partial charge in [0.2, 0.25) is 0 Å². The van der Waals surface area contributed by atoms with E-state index in [0.717, 1.165) is 0 Å². The van der Waals surface area contributed by atoms with Crippen LogP contribution < -0.4 is 0 Å². The molecule has 0 aliphatic heterocycles. The second-order valence-electron chi connectivity index (χ2n) is 14.1. The molecule has 5 aromatic rings. The number of hydrogen-bond acceptors (Lipinski definition) is 0. The standard InChI is InChI=1S/C38H45N/c1-21-13-23(3)33(24(4)14-21)31-19-27(37(7,8)9)17-29-30-18-28(38(10,11)12)20-32(36(30)39-35(29)31)34-25(5)15-22(2)16-26(34)6/h13-20,39H,1-12H3. The summed E-state index contributed by atoms with van der Waals surface area (Å²) in [5.74, 6) is 0. The molecule has 0 bridgehead atoms. The van der Waals surface area contributed by atoms with Gasteiger partial charge in [0, 0.05) is 21.9 Å². The summed E-state index contributed by atoms with van der Waals surface area (Å²) in [6, 6.07) is 19.1. The Labute approximate surface area is 235 Å². The highest BCUT2D eigenvalue weighted by Gasteiger charge is 2.24. The van der Waals surface area contributed by atoms with Crippen LogP contribution in [0, 0.1) is 41.5 Å². The van der Waals surface area contributed by atoms with Crippen LogP contribution in [0.3, 0.4) is 0 Å². The Morgan fingerprint density at radius 2 is 0.744 bits per heavy atom. The second-order valence-corrected chi connectivity index (χ2v) is 14.1. The summed E-state index contributed by atoms with van der Waals surface area (Å²) in [4.78, 5) is 4.01. The highest BCUT2D eigenvalue weighted by atomic mass is 14.7. The van der Waals surface area contributed by atoms with Crippen molar-refractivity contribution in [2.45, 2.75) is 93.9 Å². The van der Waals surface area contributed by atoms with Crippen LogP contribution in [0.2, 0.25) is 0 Å². The molecule has 0 saturated heterocycles. The Bertz CT molecular complexity index is 1580. The van der Waals surface area contributed by atoms with E-state index in [2.05, 4.69) is 137 Å². The van der Waals surface area contributed by atoms with Gasteiger partial charge in [0.25, 0.3) is 0 Å². The van der Waals surface area contributed by atoms with Crippen molar-refractivity contribution in [3.63, 3.8) is 0 Å². The van der Waals surface area contributed by atoms with Gasteiger partial charge in [-0.1, -0.05) is 76.9 Å². The largest absolute Gasteiger partial charge is 0.353 e. The van der Waals surface area contributed by atoms with Gasteiger partial charge in [-0.15, -0.1) is 0 Å². The second kappa shape index (κ2) is 9.12. The van der Waals surface area contributed by atoms with Crippen LogP contribution in [-0.2, 0) is 10.8 Å². The molecule has 1 heterocycles. The van der Waals surface area contributed by atoms with Crippen LogP contribution in [0.25, 0.3) is 44.1 Å². The minimum absolute atomic E-state index is 0.0354. The van der Waals surface area contributed by atoms with Crippen LogP contribution in [0.1, 0.15) is 86.1 Å². The van der Waals surface area contributed by atoms with Crippen molar-refractivity contribution in [2.75, 3.05) is 0 Å². The summed E-state index contributed by atoms with van der Waals surface area (Å²) < 4.78 is 0. The summed E-state index contributed by atoms with van der Waals surface area (Å²) >= 11 is 0. The molecule has 1 N–H and O–H groups in total. The van der Waals surface area contributed by atoms with E-state index in [1.54, 1.807) is 0 Å². The third kappa shape index (κ3) is 4.71. The molecule has 202 valence electrons. The minimum Gasteiger partial charge on any atom is -0.353 e. The summed E-state index contributed by atoms with van der Waals surface area (Å²) in [5, 5.41) is 2.64. The monoisotopic (exact) mass is 515 g/mol. The molecule has 39 heavy (non-hydrogen) atoms. The van der Waals surface area contributed by atoms with Gasteiger partial charge in [0.1, 0.15) is 0 Å². The molecule has 0 unspecified atom stereocenters. The summed E-state index contributed by atoms with van der Waals surface area (Å²) in [6.45, 7) is 27.4. The van der Waals surface area contributed by atoms with Gasteiger partial charge in [0.05, 0.1) is 11.0 Å². The topological polar surface area (TPSA) is 15.8 Å². The van der Waals surface area contributed by atoms with Crippen molar-refractivity contribution in [1.29, 1.82) is 0 Å². The van der Waals surface area contributed by atoms with Crippen LogP contribution in [0.15, 0.2) is 48.5 Å². The average Bonchev–Trinajstić information content (AvgIpc) is 3.15. The molecule has 0 atom stereocenters. The first-order chi connectivity index (χ1) is 18.1. The zero-order valence-electron chi connectivity index (χ0n) is 26.1. The van der Waals surface area contributed by atoms with Crippen LogP contribution in [0.5, 0.6) is 0 Å². The first-order valence-electron chi connectivity index (χ1n) is 14.4. The van der Waals surface area contributed by atoms with Gasteiger partial charge in [-0.05, 0) is 121 Å². The average molecular weight is 516 g/mol. The Morgan fingerprint density at radius 1 is 0.436 bits per heavy atom. The maximum Gasteiger partial charge on any atom is 0.0545 e. The van der Waals surface area contributed by atoms with Crippen molar-refractivity contribution < 1.29 is 0 Å². The lowest BCUT2D eigenvalue weighted by molar-refractivity contribution is 0.590. The van der Waals surface area contributed by atoms with Crippen LogP contribution in [0.4, 0.5) is 0 Å². The van der Waals surface area contributed by atoms with E-state index in [4.69, 9.17) is 0 Å². The lowest BCUT2D eigenvalue weighted by atomic mass is 9.81. The number of aromatic amines is 1. The lowest BCUT2D eigenvalue weighted by Crippen LogP contribution is -2.11. The molecule has 1 heteroatoms. The number of benzene rings is 4. The van der Waals surface area contributed by atoms with Gasteiger partial charge in [-0.2, -0.15) is 0 Å². The van der Waals surface area contributed by atoms with Gasteiger partial charge >= 0.3 is 0 Å². The van der Waals surface area contributed by atoms with Gasteiger partial charge in [0.15, 0.2) is 0 Å². The van der Waals surface area contributed by atoms with E-state index in [1.165, 1.54) is 88.6 Å². The molecule has 5 rings (SSSR count). The van der Waals surface area contributed by atoms with E-state index < -0.39 is 0 Å². The van der Waals surface area contributed by atoms with Gasteiger partial charge in [-0.3, -0.25) is 0 Å². The molecular formula is C38H45N. The molecule has 1 nitrogen and oxygen atoms in total. The molecular weight excluding hydrogens is 470 g/mol. The predicted octanol–water partition coefficient (Wildman–Crippen LogP) is 11.1. The van der Waals surface area contributed by atoms with Crippen molar-refractivity contribution in [3.05, 3.63) is 93.0 Å². The molecule has 0 aliphatic rings. The Morgan fingerprint density at radius 3 is 1.03 bits per heavy atom. The van der Waals surface area contributed by atoms with Gasteiger partial charge < -0.3 is 4.98 Å². The lowest BCUT2D eigenvalue weighted by Gasteiger charge is -2.23.